The molecule has 0 aliphatic carbocycles. The second kappa shape index (κ2) is 6.02. The Labute approximate surface area is 124 Å². The smallest absolute Gasteiger partial charge is 0.129 e. The molecular formula is C15H12BrClF2. The van der Waals surface area contributed by atoms with E-state index in [1.54, 1.807) is 0 Å². The predicted octanol–water partition coefficient (Wildman–Crippen LogP) is 5.61. The van der Waals surface area contributed by atoms with Gasteiger partial charge in [-0.1, -0.05) is 45.7 Å². The van der Waals surface area contributed by atoms with Crippen LogP contribution in [0.4, 0.5) is 8.78 Å². The van der Waals surface area contributed by atoms with E-state index in [4.69, 9.17) is 11.6 Å². The van der Waals surface area contributed by atoms with E-state index in [0.717, 1.165) is 17.2 Å². The molecule has 0 nitrogen and oxygen atoms in total. The number of hydrogen-bond donors (Lipinski definition) is 0. The fourth-order valence-corrected chi connectivity index (χ4v) is 3.12. The first-order chi connectivity index (χ1) is 8.97. The third kappa shape index (κ3) is 3.54. The Bertz CT molecular complexity index is 599. The average molecular weight is 346 g/mol. The van der Waals surface area contributed by atoms with Crippen molar-refractivity contribution in [2.45, 2.75) is 18.2 Å². The molecular weight excluding hydrogens is 334 g/mol. The first-order valence-electron chi connectivity index (χ1n) is 5.81. The second-order valence-corrected chi connectivity index (χ2v) is 5.94. The maximum atomic E-state index is 13.6. The Hall–Kier alpha value is -0.930. The maximum absolute atomic E-state index is 13.6. The SMILES string of the molecule is Cc1ccc(C(Br)Cc2ccc(F)cc2F)c(Cl)c1. The van der Waals surface area contributed by atoms with Gasteiger partial charge in [0.2, 0.25) is 0 Å². The molecule has 2 aromatic carbocycles. The van der Waals surface area contributed by atoms with Crippen LogP contribution in [0.25, 0.3) is 0 Å². The lowest BCUT2D eigenvalue weighted by molar-refractivity contribution is 0.571. The molecule has 0 saturated heterocycles. The van der Waals surface area contributed by atoms with Crippen LogP contribution in [-0.4, -0.2) is 0 Å². The van der Waals surface area contributed by atoms with E-state index in [-0.39, 0.29) is 4.83 Å². The summed E-state index contributed by atoms with van der Waals surface area (Å²) in [6.07, 6.45) is 0.412. The van der Waals surface area contributed by atoms with Crippen LogP contribution >= 0.6 is 27.5 Å². The molecule has 0 bridgehead atoms. The standard InChI is InChI=1S/C15H12BrClF2/c1-9-2-5-12(14(17)6-9)13(16)7-10-3-4-11(18)8-15(10)19/h2-6,8,13H,7H2,1H3. The quantitative estimate of drug-likeness (QED) is 0.635. The molecule has 0 aromatic heterocycles. The molecule has 0 N–H and O–H groups in total. The zero-order valence-corrected chi connectivity index (χ0v) is 12.6. The molecule has 2 aromatic rings. The van der Waals surface area contributed by atoms with Gasteiger partial charge in [0.1, 0.15) is 11.6 Å². The van der Waals surface area contributed by atoms with Crippen LogP contribution < -0.4 is 0 Å². The molecule has 0 fully saturated rings. The van der Waals surface area contributed by atoms with Crippen LogP contribution in [0, 0.1) is 18.6 Å². The minimum absolute atomic E-state index is 0.111. The lowest BCUT2D eigenvalue weighted by Crippen LogP contribution is -1.99. The van der Waals surface area contributed by atoms with Crippen LogP contribution in [0.3, 0.4) is 0 Å². The molecule has 0 heterocycles. The van der Waals surface area contributed by atoms with Crippen LogP contribution in [0.1, 0.15) is 21.5 Å². The number of halogens is 4. The Morgan fingerprint density at radius 3 is 2.53 bits per heavy atom. The zero-order valence-electron chi connectivity index (χ0n) is 10.3. The summed E-state index contributed by atoms with van der Waals surface area (Å²) in [7, 11) is 0. The summed E-state index contributed by atoms with van der Waals surface area (Å²) in [6.45, 7) is 1.96. The average Bonchev–Trinajstić information content (AvgIpc) is 2.32. The maximum Gasteiger partial charge on any atom is 0.129 e. The van der Waals surface area contributed by atoms with Crippen LogP contribution in [0.15, 0.2) is 36.4 Å². The van der Waals surface area contributed by atoms with Crippen molar-refractivity contribution in [2.24, 2.45) is 0 Å². The summed E-state index contributed by atoms with van der Waals surface area (Å²) in [6, 6.07) is 9.35. The second-order valence-electron chi connectivity index (χ2n) is 4.43. The Morgan fingerprint density at radius 1 is 1.16 bits per heavy atom. The van der Waals surface area contributed by atoms with Gasteiger partial charge in [-0.25, -0.2) is 8.78 Å². The van der Waals surface area contributed by atoms with Gasteiger partial charge in [-0.15, -0.1) is 0 Å². The normalized spacial score (nSPS) is 12.5. The minimum atomic E-state index is -0.569. The number of hydrogen-bond acceptors (Lipinski definition) is 0. The highest BCUT2D eigenvalue weighted by molar-refractivity contribution is 9.09. The molecule has 0 aliphatic rings. The molecule has 0 radical (unpaired) electrons. The van der Waals surface area contributed by atoms with E-state index in [2.05, 4.69) is 15.9 Å². The molecule has 0 amide bonds. The van der Waals surface area contributed by atoms with Crippen molar-refractivity contribution in [3.8, 4) is 0 Å². The monoisotopic (exact) mass is 344 g/mol. The molecule has 2 rings (SSSR count). The van der Waals surface area contributed by atoms with Gasteiger partial charge >= 0.3 is 0 Å². The van der Waals surface area contributed by atoms with Gasteiger partial charge in [-0.3, -0.25) is 0 Å². The Morgan fingerprint density at radius 2 is 1.89 bits per heavy atom. The molecule has 0 saturated carbocycles. The van der Waals surface area contributed by atoms with Crippen molar-refractivity contribution in [3.05, 3.63) is 69.7 Å². The fraction of sp³-hybridized carbons (Fsp3) is 0.200. The molecule has 0 aliphatic heterocycles. The van der Waals surface area contributed by atoms with Crippen molar-refractivity contribution >= 4 is 27.5 Å². The number of aryl methyl sites for hydroxylation is 1. The van der Waals surface area contributed by atoms with E-state index >= 15 is 0 Å². The molecule has 19 heavy (non-hydrogen) atoms. The third-order valence-electron chi connectivity index (χ3n) is 2.91. The lowest BCUT2D eigenvalue weighted by atomic mass is 10.0. The van der Waals surface area contributed by atoms with Gasteiger partial charge in [0, 0.05) is 15.9 Å². The largest absolute Gasteiger partial charge is 0.207 e. The van der Waals surface area contributed by atoms with Gasteiger partial charge in [-0.05, 0) is 42.2 Å². The first-order valence-corrected chi connectivity index (χ1v) is 7.11. The van der Waals surface area contributed by atoms with E-state index in [9.17, 15) is 8.78 Å². The summed E-state index contributed by atoms with van der Waals surface area (Å²) in [5.74, 6) is -1.10. The van der Waals surface area contributed by atoms with Gasteiger partial charge in [0.15, 0.2) is 0 Å². The van der Waals surface area contributed by atoms with Gasteiger partial charge in [0.25, 0.3) is 0 Å². The highest BCUT2D eigenvalue weighted by atomic mass is 79.9. The predicted molar refractivity (Wildman–Crippen MR) is 77.9 cm³/mol. The van der Waals surface area contributed by atoms with Crippen LogP contribution in [0.2, 0.25) is 5.02 Å². The summed E-state index contributed by atoms with van der Waals surface area (Å²) in [5.41, 5.74) is 2.43. The highest BCUT2D eigenvalue weighted by Gasteiger charge is 2.14. The first kappa shape index (κ1) is 14.5. The Kier molecular flexibility index (Phi) is 4.58. The van der Waals surface area contributed by atoms with E-state index in [0.29, 0.717) is 17.0 Å². The minimum Gasteiger partial charge on any atom is -0.207 e. The molecule has 1 atom stereocenters. The van der Waals surface area contributed by atoms with Gasteiger partial charge in [-0.2, -0.15) is 0 Å². The van der Waals surface area contributed by atoms with E-state index in [1.165, 1.54) is 12.1 Å². The lowest BCUT2D eigenvalue weighted by Gasteiger charge is -2.13. The summed E-state index contributed by atoms with van der Waals surface area (Å²) in [5, 5.41) is 0.643. The van der Waals surface area contributed by atoms with Crippen LogP contribution in [-0.2, 0) is 6.42 Å². The Balaban J connectivity index is 2.23. The van der Waals surface area contributed by atoms with E-state index < -0.39 is 11.6 Å². The topological polar surface area (TPSA) is 0 Å². The zero-order chi connectivity index (χ0) is 14.0. The number of benzene rings is 2. The molecule has 100 valence electrons. The number of alkyl halides is 1. The van der Waals surface area contributed by atoms with Crippen molar-refractivity contribution in [1.29, 1.82) is 0 Å². The van der Waals surface area contributed by atoms with Crippen molar-refractivity contribution in [3.63, 3.8) is 0 Å². The van der Waals surface area contributed by atoms with Crippen molar-refractivity contribution in [1.82, 2.24) is 0 Å². The number of rotatable bonds is 3. The van der Waals surface area contributed by atoms with Crippen molar-refractivity contribution < 1.29 is 8.78 Å². The fourth-order valence-electron chi connectivity index (χ4n) is 1.88. The summed E-state index contributed by atoms with van der Waals surface area (Å²) >= 11 is 9.68. The highest BCUT2D eigenvalue weighted by Crippen LogP contribution is 2.33. The van der Waals surface area contributed by atoms with E-state index in [1.807, 2.05) is 25.1 Å². The third-order valence-corrected chi connectivity index (χ3v) is 4.05. The summed E-state index contributed by atoms with van der Waals surface area (Å²) < 4.78 is 26.4. The summed E-state index contributed by atoms with van der Waals surface area (Å²) in [4.78, 5) is -0.111. The molecule has 4 heteroatoms. The van der Waals surface area contributed by atoms with Gasteiger partial charge in [0.05, 0.1) is 0 Å². The molecule has 1 unspecified atom stereocenters. The van der Waals surface area contributed by atoms with Crippen molar-refractivity contribution in [2.75, 3.05) is 0 Å². The molecule has 0 spiro atoms. The van der Waals surface area contributed by atoms with Gasteiger partial charge < -0.3 is 0 Å². The van der Waals surface area contributed by atoms with Crippen LogP contribution in [0.5, 0.6) is 0 Å².